The minimum Gasteiger partial charge on any atom is -0.367 e. The van der Waals surface area contributed by atoms with E-state index >= 15 is 0 Å². The lowest BCUT2D eigenvalue weighted by molar-refractivity contribution is 0.436. The van der Waals surface area contributed by atoms with Crippen molar-refractivity contribution in [3.8, 4) is 11.1 Å². The van der Waals surface area contributed by atoms with E-state index in [9.17, 15) is 8.78 Å². The highest BCUT2D eigenvalue weighted by Crippen LogP contribution is 2.28. The summed E-state index contributed by atoms with van der Waals surface area (Å²) < 4.78 is 31.1. The average molecular weight is 210 g/mol. The lowest BCUT2D eigenvalue weighted by Crippen LogP contribution is -1.91. The van der Waals surface area contributed by atoms with Gasteiger partial charge >= 0.3 is 0 Å². The zero-order valence-corrected chi connectivity index (χ0v) is 7.92. The minimum atomic E-state index is -0.620. The topological polar surface area (TPSA) is 52.0 Å². The van der Waals surface area contributed by atoms with Crippen molar-refractivity contribution in [3.63, 3.8) is 0 Å². The van der Waals surface area contributed by atoms with Crippen LogP contribution in [0.5, 0.6) is 0 Å². The van der Waals surface area contributed by atoms with Gasteiger partial charge in [-0.05, 0) is 24.6 Å². The molecule has 0 amide bonds. The van der Waals surface area contributed by atoms with Crippen molar-refractivity contribution in [1.82, 2.24) is 5.16 Å². The summed E-state index contributed by atoms with van der Waals surface area (Å²) in [6.07, 6.45) is 1.32. The number of nitrogen functional groups attached to an aromatic ring is 1. The van der Waals surface area contributed by atoms with Gasteiger partial charge in [0.25, 0.3) is 0 Å². The fraction of sp³-hybridized carbons (Fsp3) is 0.100. The predicted molar refractivity (Wildman–Crippen MR) is 51.0 cm³/mol. The summed E-state index contributed by atoms with van der Waals surface area (Å²) in [5.74, 6) is -1.20. The third-order valence-electron chi connectivity index (χ3n) is 2.19. The maximum Gasteiger partial charge on any atom is 0.229 e. The molecule has 2 aromatic rings. The van der Waals surface area contributed by atoms with Gasteiger partial charge in [-0.1, -0.05) is 5.16 Å². The van der Waals surface area contributed by atoms with E-state index in [4.69, 9.17) is 5.73 Å². The van der Waals surface area contributed by atoms with E-state index in [1.54, 1.807) is 0 Å². The predicted octanol–water partition coefficient (Wildman–Crippen LogP) is 2.51. The fourth-order valence-corrected chi connectivity index (χ4v) is 1.27. The number of aromatic nitrogens is 1. The zero-order chi connectivity index (χ0) is 11.0. The van der Waals surface area contributed by atoms with E-state index in [0.717, 1.165) is 0 Å². The molecular weight excluding hydrogens is 202 g/mol. The molecule has 78 valence electrons. The molecule has 0 aliphatic rings. The Labute approximate surface area is 84.5 Å². The van der Waals surface area contributed by atoms with Crippen LogP contribution in [0.25, 0.3) is 11.1 Å². The normalized spacial score (nSPS) is 10.6. The Morgan fingerprint density at radius 3 is 2.33 bits per heavy atom. The van der Waals surface area contributed by atoms with Crippen molar-refractivity contribution in [3.05, 3.63) is 35.5 Å². The van der Waals surface area contributed by atoms with Crippen molar-refractivity contribution in [2.24, 2.45) is 0 Å². The number of hydrogen-bond donors (Lipinski definition) is 1. The quantitative estimate of drug-likeness (QED) is 0.786. The Morgan fingerprint density at radius 2 is 1.87 bits per heavy atom. The van der Waals surface area contributed by atoms with Crippen LogP contribution in [0.3, 0.4) is 0 Å². The molecule has 1 aromatic carbocycles. The number of rotatable bonds is 1. The highest BCUT2D eigenvalue weighted by atomic mass is 19.1. The van der Waals surface area contributed by atoms with Crippen LogP contribution in [-0.4, -0.2) is 5.16 Å². The van der Waals surface area contributed by atoms with Gasteiger partial charge in [0, 0.05) is 5.56 Å². The molecule has 0 fully saturated rings. The van der Waals surface area contributed by atoms with Crippen LogP contribution in [-0.2, 0) is 0 Å². The smallest absolute Gasteiger partial charge is 0.229 e. The highest BCUT2D eigenvalue weighted by Gasteiger charge is 2.12. The molecule has 0 saturated heterocycles. The summed E-state index contributed by atoms with van der Waals surface area (Å²) in [6, 6.07) is 2.39. The average Bonchev–Trinajstić information content (AvgIpc) is 2.60. The Kier molecular flexibility index (Phi) is 2.15. The van der Waals surface area contributed by atoms with Crippen molar-refractivity contribution in [2.45, 2.75) is 6.92 Å². The zero-order valence-electron chi connectivity index (χ0n) is 7.92. The van der Waals surface area contributed by atoms with Crippen LogP contribution in [0.1, 0.15) is 5.56 Å². The number of nitrogens with zero attached hydrogens (tertiary/aromatic N) is 1. The molecule has 0 radical (unpaired) electrons. The Hall–Kier alpha value is -1.91. The standard InChI is InChI=1S/C10H8F2N2O/c1-5-8(11)2-6(3-9(5)12)7-4-14-15-10(7)13/h2-4H,13H2,1H3. The van der Waals surface area contributed by atoms with Gasteiger partial charge in [-0.2, -0.15) is 0 Å². The molecular formula is C10H8F2N2O. The molecule has 0 atom stereocenters. The Balaban J connectivity index is 2.60. The summed E-state index contributed by atoms with van der Waals surface area (Å²) in [6.45, 7) is 1.37. The third kappa shape index (κ3) is 1.56. The first kappa shape index (κ1) is 9.64. The first-order chi connectivity index (χ1) is 7.09. The van der Waals surface area contributed by atoms with E-state index in [1.807, 2.05) is 0 Å². The fourth-order valence-electron chi connectivity index (χ4n) is 1.27. The number of nitrogens with two attached hydrogens (primary N) is 1. The van der Waals surface area contributed by atoms with Crippen LogP contribution < -0.4 is 5.73 Å². The number of benzene rings is 1. The van der Waals surface area contributed by atoms with E-state index in [1.165, 1.54) is 25.3 Å². The van der Waals surface area contributed by atoms with Gasteiger partial charge in [-0.3, -0.25) is 0 Å². The van der Waals surface area contributed by atoms with Crippen molar-refractivity contribution in [1.29, 1.82) is 0 Å². The maximum atomic E-state index is 13.2. The van der Waals surface area contributed by atoms with Gasteiger partial charge in [-0.25, -0.2) is 8.78 Å². The van der Waals surface area contributed by atoms with Crippen LogP contribution in [0, 0.1) is 18.6 Å². The first-order valence-electron chi connectivity index (χ1n) is 4.25. The second-order valence-corrected chi connectivity index (χ2v) is 3.17. The van der Waals surface area contributed by atoms with Gasteiger partial charge in [0.05, 0.1) is 11.8 Å². The summed E-state index contributed by atoms with van der Waals surface area (Å²) in [7, 11) is 0. The second kappa shape index (κ2) is 3.34. The van der Waals surface area contributed by atoms with E-state index in [-0.39, 0.29) is 11.4 Å². The number of halogens is 2. The van der Waals surface area contributed by atoms with Crippen LogP contribution >= 0.6 is 0 Å². The molecule has 0 aliphatic heterocycles. The van der Waals surface area contributed by atoms with Crippen molar-refractivity contribution >= 4 is 5.88 Å². The number of anilines is 1. The molecule has 2 N–H and O–H groups in total. The van der Waals surface area contributed by atoms with Gasteiger partial charge in [-0.15, -0.1) is 0 Å². The molecule has 15 heavy (non-hydrogen) atoms. The number of hydrogen-bond acceptors (Lipinski definition) is 3. The molecule has 5 heteroatoms. The molecule has 3 nitrogen and oxygen atoms in total. The van der Waals surface area contributed by atoms with E-state index < -0.39 is 11.6 Å². The first-order valence-corrected chi connectivity index (χ1v) is 4.25. The van der Waals surface area contributed by atoms with Crippen molar-refractivity contribution in [2.75, 3.05) is 5.73 Å². The largest absolute Gasteiger partial charge is 0.367 e. The highest BCUT2D eigenvalue weighted by molar-refractivity contribution is 5.72. The Bertz CT molecular complexity index is 485. The molecule has 0 saturated carbocycles. The molecule has 1 aromatic heterocycles. The summed E-state index contributed by atoms with van der Waals surface area (Å²) in [4.78, 5) is 0. The summed E-state index contributed by atoms with van der Waals surface area (Å²) >= 11 is 0. The molecule has 2 rings (SSSR count). The second-order valence-electron chi connectivity index (χ2n) is 3.17. The molecule has 0 bridgehead atoms. The summed E-state index contributed by atoms with van der Waals surface area (Å²) in [5.41, 5.74) is 6.11. The maximum absolute atomic E-state index is 13.2. The van der Waals surface area contributed by atoms with Gasteiger partial charge in [0.2, 0.25) is 5.88 Å². The van der Waals surface area contributed by atoms with E-state index in [0.29, 0.717) is 11.1 Å². The van der Waals surface area contributed by atoms with Crippen LogP contribution in [0.4, 0.5) is 14.7 Å². The molecule has 0 spiro atoms. The van der Waals surface area contributed by atoms with Crippen LogP contribution in [0.15, 0.2) is 22.9 Å². The van der Waals surface area contributed by atoms with E-state index in [2.05, 4.69) is 9.68 Å². The monoisotopic (exact) mass is 210 g/mol. The lowest BCUT2D eigenvalue weighted by atomic mass is 10.1. The SMILES string of the molecule is Cc1c(F)cc(-c2cnoc2N)cc1F. The van der Waals surface area contributed by atoms with Gasteiger partial charge in [0.1, 0.15) is 11.6 Å². The third-order valence-corrected chi connectivity index (χ3v) is 2.19. The van der Waals surface area contributed by atoms with Crippen LogP contribution in [0.2, 0.25) is 0 Å². The summed E-state index contributed by atoms with van der Waals surface area (Å²) in [5, 5.41) is 3.43. The van der Waals surface area contributed by atoms with Gasteiger partial charge < -0.3 is 10.3 Å². The van der Waals surface area contributed by atoms with Crippen molar-refractivity contribution < 1.29 is 13.3 Å². The minimum absolute atomic E-state index is 0.0197. The lowest BCUT2D eigenvalue weighted by Gasteiger charge is -2.02. The Morgan fingerprint density at radius 1 is 1.27 bits per heavy atom. The molecule has 0 aliphatic carbocycles. The molecule has 0 unspecified atom stereocenters. The molecule has 1 heterocycles. The van der Waals surface area contributed by atoms with Gasteiger partial charge in [0.15, 0.2) is 0 Å².